The molecule has 0 fully saturated rings. The smallest absolute Gasteiger partial charge is 0.239 e. The number of sulfonamides is 1. The first kappa shape index (κ1) is 19.7. The zero-order valence-corrected chi connectivity index (χ0v) is 21.9. The number of halogens is 1. The average Bonchev–Trinajstić information content (AvgIpc) is 2.93. The molecule has 6 nitrogen and oxygen atoms in total. The van der Waals surface area contributed by atoms with Gasteiger partial charge in [-0.1, -0.05) is 74.4 Å². The molecule has 0 radical (unpaired) electrons. The van der Waals surface area contributed by atoms with Gasteiger partial charge in [0.15, 0.2) is 0 Å². The molecule has 0 atom stereocenters. The molecular formula is C28H29FN3O3PS. The zero-order valence-electron chi connectivity index (χ0n) is 26.2. The molecule has 37 heavy (non-hydrogen) atoms. The topological polar surface area (TPSA) is 80.2 Å². The van der Waals surface area contributed by atoms with Gasteiger partial charge in [-0.25, -0.2) is 27.1 Å². The number of hydrogen-bond donors (Lipinski definition) is 0. The molecule has 0 spiro atoms. The largest absolute Gasteiger partial charge is 0.313 e. The van der Waals surface area contributed by atoms with Crippen molar-refractivity contribution in [1.29, 1.82) is 0 Å². The summed E-state index contributed by atoms with van der Waals surface area (Å²) in [6.07, 6.45) is 0.472. The van der Waals surface area contributed by atoms with Crippen LogP contribution in [0.25, 0.3) is 11.3 Å². The summed E-state index contributed by atoms with van der Waals surface area (Å²) < 4.78 is 104. The molecule has 9 heteroatoms. The van der Waals surface area contributed by atoms with Crippen LogP contribution in [0.15, 0.2) is 84.9 Å². The van der Waals surface area contributed by atoms with Gasteiger partial charge in [-0.05, 0) is 30.2 Å². The summed E-state index contributed by atoms with van der Waals surface area (Å²) in [5.74, 6) is -3.28. The third-order valence-electron chi connectivity index (χ3n) is 5.92. The van der Waals surface area contributed by atoms with Gasteiger partial charge in [-0.2, -0.15) is 0 Å². The maximum Gasteiger partial charge on any atom is 0.239 e. The van der Waals surface area contributed by atoms with E-state index in [0.29, 0.717) is 14.9 Å². The summed E-state index contributed by atoms with van der Waals surface area (Å²) in [5, 5.41) is 0.822. The highest BCUT2D eigenvalue weighted by atomic mass is 32.2. The van der Waals surface area contributed by atoms with Gasteiger partial charge in [0.1, 0.15) is 13.0 Å². The minimum atomic E-state index is -4.00. The van der Waals surface area contributed by atoms with Crippen LogP contribution in [0.5, 0.6) is 0 Å². The maximum absolute atomic E-state index is 15.2. The number of rotatable bonds is 8. The molecule has 0 amide bonds. The van der Waals surface area contributed by atoms with Crippen molar-refractivity contribution in [1.82, 2.24) is 9.97 Å². The molecule has 0 unspecified atom stereocenters. The fourth-order valence-corrected chi connectivity index (χ4v) is 7.02. The second kappa shape index (κ2) is 10.6. The Bertz CT molecular complexity index is 1700. The normalized spacial score (nSPS) is 15.1. The first-order valence-electron chi connectivity index (χ1n) is 14.2. The molecule has 0 aliphatic carbocycles. The lowest BCUT2D eigenvalue weighted by Gasteiger charge is -2.25. The second-order valence-corrected chi connectivity index (χ2v) is 13.3. The van der Waals surface area contributed by atoms with Crippen molar-refractivity contribution in [3.8, 4) is 11.3 Å². The van der Waals surface area contributed by atoms with Gasteiger partial charge in [0.05, 0.1) is 17.6 Å². The molecule has 0 aliphatic heterocycles. The molecule has 4 aromatic rings. The quantitative estimate of drug-likeness (QED) is 0.281. The number of hydrogen-bond acceptors (Lipinski definition) is 5. The van der Waals surface area contributed by atoms with Crippen molar-refractivity contribution in [3.05, 3.63) is 102 Å². The van der Waals surface area contributed by atoms with E-state index < -0.39 is 60.4 Å². The highest BCUT2D eigenvalue weighted by Gasteiger charge is 2.32. The first-order chi connectivity index (χ1) is 19.9. The molecule has 192 valence electrons. The molecular weight excluding hydrogens is 508 g/mol. The summed E-state index contributed by atoms with van der Waals surface area (Å²) >= 11 is 0. The van der Waals surface area contributed by atoms with Crippen LogP contribution in [-0.4, -0.2) is 31.7 Å². The van der Waals surface area contributed by atoms with Crippen LogP contribution in [0.1, 0.15) is 39.1 Å². The Morgan fingerprint density at radius 3 is 1.95 bits per heavy atom. The number of aromatic nitrogens is 2. The Morgan fingerprint density at radius 2 is 1.46 bits per heavy atom. The number of benzene rings is 3. The van der Waals surface area contributed by atoms with Gasteiger partial charge in [0.25, 0.3) is 0 Å². The molecule has 1 heterocycles. The van der Waals surface area contributed by atoms with E-state index in [0.717, 1.165) is 25.4 Å². The molecule has 0 N–H and O–H groups in total. The molecule has 4 rings (SSSR count). The second-order valence-electron chi connectivity index (χ2n) is 8.48. The van der Waals surface area contributed by atoms with E-state index in [4.69, 9.17) is 8.22 Å². The lowest BCUT2D eigenvalue weighted by atomic mass is 9.99. The molecule has 0 saturated carbocycles. The third-order valence-corrected chi connectivity index (χ3v) is 10.1. The molecule has 3 aromatic carbocycles. The van der Waals surface area contributed by atoms with Crippen molar-refractivity contribution in [2.45, 2.75) is 25.8 Å². The SMILES string of the molecule is [2H]C([2H])([2H])C(c1nc(N(C)S(C)(=O)=O)nc(-c2ccc(F)cc2)c1CP(=O)(c1ccccc1)c1ccccc1)C([2H])([2H])[2H]. The predicted molar refractivity (Wildman–Crippen MR) is 148 cm³/mol. The van der Waals surface area contributed by atoms with E-state index >= 15 is 4.57 Å². The minimum absolute atomic E-state index is 0.0643. The molecule has 0 saturated heterocycles. The summed E-state index contributed by atoms with van der Waals surface area (Å²) in [6.45, 7) is -6.28. The summed E-state index contributed by atoms with van der Waals surface area (Å²) in [5.41, 5.74) is -0.413. The third kappa shape index (κ3) is 5.65. The Labute approximate surface area is 226 Å². The Hall–Kier alpha value is -3.35. The molecule has 0 aliphatic rings. The van der Waals surface area contributed by atoms with Gasteiger partial charge in [0, 0.05) is 43.2 Å². The maximum atomic E-state index is 15.2. The highest BCUT2D eigenvalue weighted by molar-refractivity contribution is 7.92. The zero-order chi connectivity index (χ0) is 31.8. The van der Waals surface area contributed by atoms with Crippen LogP contribution in [0, 0.1) is 5.82 Å². The first-order valence-corrected chi connectivity index (χ1v) is 15.0. The van der Waals surface area contributed by atoms with Crippen LogP contribution < -0.4 is 14.9 Å². The van der Waals surface area contributed by atoms with Crippen LogP contribution in [0.2, 0.25) is 0 Å². The Kier molecular flexibility index (Phi) is 5.63. The Morgan fingerprint density at radius 1 is 0.919 bits per heavy atom. The summed E-state index contributed by atoms with van der Waals surface area (Å²) in [7, 11) is -6.56. The van der Waals surface area contributed by atoms with Gasteiger partial charge >= 0.3 is 0 Å². The van der Waals surface area contributed by atoms with Crippen LogP contribution in [-0.2, 0) is 20.8 Å². The Balaban J connectivity index is 2.17. The fraction of sp³-hybridized carbons (Fsp3) is 0.214. The van der Waals surface area contributed by atoms with Crippen LogP contribution in [0.3, 0.4) is 0 Å². The van der Waals surface area contributed by atoms with E-state index in [9.17, 15) is 12.8 Å². The van der Waals surface area contributed by atoms with Crippen molar-refractivity contribution < 1.29 is 25.6 Å². The van der Waals surface area contributed by atoms with Crippen molar-refractivity contribution in [2.75, 3.05) is 17.6 Å². The fourth-order valence-electron chi connectivity index (χ4n) is 3.91. The van der Waals surface area contributed by atoms with Gasteiger partial charge in [0.2, 0.25) is 16.0 Å². The van der Waals surface area contributed by atoms with E-state index in [2.05, 4.69) is 9.97 Å². The van der Waals surface area contributed by atoms with E-state index in [1.165, 1.54) is 12.1 Å². The lowest BCUT2D eigenvalue weighted by molar-refractivity contribution is 0.585. The highest BCUT2D eigenvalue weighted by Crippen LogP contribution is 2.49. The van der Waals surface area contributed by atoms with Crippen molar-refractivity contribution in [2.24, 2.45) is 0 Å². The lowest BCUT2D eigenvalue weighted by Crippen LogP contribution is -2.28. The minimum Gasteiger partial charge on any atom is -0.313 e. The van der Waals surface area contributed by atoms with Crippen molar-refractivity contribution in [3.63, 3.8) is 0 Å². The molecule has 0 bridgehead atoms. The predicted octanol–water partition coefficient (Wildman–Crippen LogP) is 5.32. The van der Waals surface area contributed by atoms with Crippen molar-refractivity contribution >= 4 is 33.7 Å². The van der Waals surface area contributed by atoms with E-state index in [1.807, 2.05) is 0 Å². The van der Waals surface area contributed by atoms with Gasteiger partial charge < -0.3 is 4.57 Å². The van der Waals surface area contributed by atoms with E-state index in [1.54, 1.807) is 60.7 Å². The van der Waals surface area contributed by atoms with E-state index in [-0.39, 0.29) is 16.8 Å². The summed E-state index contributed by atoms with van der Waals surface area (Å²) in [4.78, 5) is 8.71. The van der Waals surface area contributed by atoms with Gasteiger partial charge in [-0.3, -0.25) is 0 Å². The summed E-state index contributed by atoms with van der Waals surface area (Å²) in [6, 6.07) is 21.8. The molecule has 1 aromatic heterocycles. The van der Waals surface area contributed by atoms with Gasteiger partial charge in [-0.15, -0.1) is 0 Å². The van der Waals surface area contributed by atoms with Crippen LogP contribution in [0.4, 0.5) is 10.3 Å². The monoisotopic (exact) mass is 543 g/mol. The standard InChI is InChI=1S/C28H29FN3O3PS/c1-20(2)26-25(19-36(33,23-11-7-5-8-12-23)24-13-9-6-10-14-24)27(21-15-17-22(29)18-16-21)31-28(30-26)32(3)37(4,34)35/h5-18,20H,19H2,1-4H3/i1D3,2D3. The number of anilines is 1. The number of nitrogens with zero attached hydrogens (tertiary/aromatic N) is 3. The van der Waals surface area contributed by atoms with Crippen LogP contribution >= 0.6 is 7.14 Å². The average molecular weight is 544 g/mol.